The molecular weight excluding hydrogens is 224 g/mol. The molecule has 2 atom stereocenters. The van der Waals surface area contributed by atoms with Crippen LogP contribution in [-0.2, 0) is 4.74 Å². The maximum atomic E-state index is 5.53. The molecule has 2 aliphatic rings. The van der Waals surface area contributed by atoms with Crippen LogP contribution < -0.4 is 5.32 Å². The molecule has 0 aromatic carbocycles. The molecular formula is C15H30N2O. The molecule has 2 fully saturated rings. The molecule has 0 radical (unpaired) electrons. The van der Waals surface area contributed by atoms with E-state index in [1.807, 2.05) is 7.11 Å². The molecule has 18 heavy (non-hydrogen) atoms. The molecule has 0 spiro atoms. The van der Waals surface area contributed by atoms with Crippen LogP contribution in [0.25, 0.3) is 0 Å². The van der Waals surface area contributed by atoms with E-state index in [1.54, 1.807) is 0 Å². The van der Waals surface area contributed by atoms with Crippen molar-refractivity contribution in [3.8, 4) is 0 Å². The summed E-state index contributed by atoms with van der Waals surface area (Å²) in [6, 6.07) is 0.757. The smallest absolute Gasteiger partial charge is 0.0586 e. The van der Waals surface area contributed by atoms with Crippen molar-refractivity contribution in [2.75, 3.05) is 26.7 Å². The minimum atomic E-state index is 0.349. The fraction of sp³-hybridized carbons (Fsp3) is 1.00. The first-order valence-electron chi connectivity index (χ1n) is 7.75. The second-order valence-electron chi connectivity index (χ2n) is 6.06. The van der Waals surface area contributed by atoms with Gasteiger partial charge in [0.05, 0.1) is 6.10 Å². The molecule has 0 aromatic rings. The van der Waals surface area contributed by atoms with Gasteiger partial charge in [-0.3, -0.25) is 4.90 Å². The van der Waals surface area contributed by atoms with Crippen LogP contribution in [0.2, 0.25) is 0 Å². The van der Waals surface area contributed by atoms with Crippen molar-refractivity contribution in [3.05, 3.63) is 0 Å². The van der Waals surface area contributed by atoms with Gasteiger partial charge < -0.3 is 10.1 Å². The highest BCUT2D eigenvalue weighted by Gasteiger charge is 2.36. The highest BCUT2D eigenvalue weighted by atomic mass is 16.5. The van der Waals surface area contributed by atoms with Crippen LogP contribution in [-0.4, -0.2) is 49.3 Å². The van der Waals surface area contributed by atoms with E-state index in [0.717, 1.165) is 6.04 Å². The maximum absolute atomic E-state index is 5.53. The van der Waals surface area contributed by atoms with E-state index in [-0.39, 0.29) is 0 Å². The van der Waals surface area contributed by atoms with Crippen molar-refractivity contribution >= 4 is 0 Å². The van der Waals surface area contributed by atoms with Crippen LogP contribution in [0.15, 0.2) is 0 Å². The minimum absolute atomic E-state index is 0.349. The predicted octanol–water partition coefficient (Wildman–Crippen LogP) is 2.41. The molecule has 1 aliphatic carbocycles. The van der Waals surface area contributed by atoms with Gasteiger partial charge >= 0.3 is 0 Å². The number of rotatable bonds is 4. The van der Waals surface area contributed by atoms with Gasteiger partial charge in [0.2, 0.25) is 0 Å². The molecule has 0 bridgehead atoms. The van der Waals surface area contributed by atoms with E-state index < -0.39 is 0 Å². The second-order valence-corrected chi connectivity index (χ2v) is 6.06. The SMILES string of the molecule is CCC1(CC)CN(C2CCC(OC)C2)CCCN1. The Balaban J connectivity index is 1.99. The van der Waals surface area contributed by atoms with Crippen molar-refractivity contribution < 1.29 is 4.74 Å². The Morgan fingerprint density at radius 1 is 1.28 bits per heavy atom. The summed E-state index contributed by atoms with van der Waals surface area (Å²) in [5.74, 6) is 0. The number of nitrogens with one attached hydrogen (secondary N) is 1. The summed E-state index contributed by atoms with van der Waals surface area (Å²) in [4.78, 5) is 2.74. The third kappa shape index (κ3) is 3.06. The van der Waals surface area contributed by atoms with Crippen molar-refractivity contribution in [2.45, 2.75) is 70.1 Å². The molecule has 1 saturated heterocycles. The Morgan fingerprint density at radius 3 is 2.67 bits per heavy atom. The fourth-order valence-corrected chi connectivity index (χ4v) is 3.66. The Labute approximate surface area is 112 Å². The summed E-state index contributed by atoms with van der Waals surface area (Å²) in [5.41, 5.74) is 0.349. The fourth-order valence-electron chi connectivity index (χ4n) is 3.66. The number of hydrogen-bond donors (Lipinski definition) is 1. The first-order valence-corrected chi connectivity index (χ1v) is 7.75. The summed E-state index contributed by atoms with van der Waals surface area (Å²) in [7, 11) is 1.86. The summed E-state index contributed by atoms with van der Waals surface area (Å²) in [6.45, 7) is 8.31. The number of hydrogen-bond acceptors (Lipinski definition) is 3. The zero-order valence-corrected chi connectivity index (χ0v) is 12.4. The Morgan fingerprint density at radius 2 is 2.06 bits per heavy atom. The number of ether oxygens (including phenoxy) is 1. The van der Waals surface area contributed by atoms with Gasteiger partial charge in [-0.25, -0.2) is 0 Å². The Hall–Kier alpha value is -0.120. The van der Waals surface area contributed by atoms with Gasteiger partial charge in [-0.05, 0) is 51.6 Å². The van der Waals surface area contributed by atoms with E-state index in [1.165, 1.54) is 58.2 Å². The number of nitrogens with zero attached hydrogens (tertiary/aromatic N) is 1. The summed E-state index contributed by atoms with van der Waals surface area (Å²) < 4.78 is 5.53. The normalized spacial score (nSPS) is 33.5. The van der Waals surface area contributed by atoms with Crippen LogP contribution in [0.5, 0.6) is 0 Å². The maximum Gasteiger partial charge on any atom is 0.0586 e. The van der Waals surface area contributed by atoms with Gasteiger partial charge in [-0.15, -0.1) is 0 Å². The average Bonchev–Trinajstić information content (AvgIpc) is 2.79. The Kier molecular flexibility index (Phi) is 5.05. The van der Waals surface area contributed by atoms with Gasteiger partial charge in [0, 0.05) is 25.2 Å². The predicted molar refractivity (Wildman–Crippen MR) is 75.9 cm³/mol. The van der Waals surface area contributed by atoms with Crippen LogP contribution in [0.1, 0.15) is 52.4 Å². The lowest BCUT2D eigenvalue weighted by Gasteiger charge is -2.38. The van der Waals surface area contributed by atoms with E-state index in [4.69, 9.17) is 4.74 Å². The first-order chi connectivity index (χ1) is 8.73. The molecule has 2 unspecified atom stereocenters. The quantitative estimate of drug-likeness (QED) is 0.834. The molecule has 3 nitrogen and oxygen atoms in total. The number of methoxy groups -OCH3 is 1. The third-order valence-corrected chi connectivity index (χ3v) is 5.19. The molecule has 2 rings (SSSR count). The van der Waals surface area contributed by atoms with Crippen molar-refractivity contribution in [1.82, 2.24) is 10.2 Å². The lowest BCUT2D eigenvalue weighted by molar-refractivity contribution is 0.0912. The summed E-state index contributed by atoms with van der Waals surface area (Å²) >= 11 is 0. The molecule has 1 heterocycles. The van der Waals surface area contributed by atoms with E-state index in [0.29, 0.717) is 11.6 Å². The van der Waals surface area contributed by atoms with E-state index >= 15 is 0 Å². The molecule has 1 saturated carbocycles. The van der Waals surface area contributed by atoms with Crippen LogP contribution in [0.3, 0.4) is 0 Å². The molecule has 106 valence electrons. The molecule has 0 amide bonds. The molecule has 0 aromatic heterocycles. The molecule has 3 heteroatoms. The van der Waals surface area contributed by atoms with Crippen LogP contribution in [0, 0.1) is 0 Å². The standard InChI is InChI=1S/C15H30N2O/c1-4-15(5-2)12-17(10-6-9-16-15)13-7-8-14(11-13)18-3/h13-14,16H,4-12H2,1-3H3. The Bertz CT molecular complexity index is 253. The summed E-state index contributed by atoms with van der Waals surface area (Å²) in [6.07, 6.45) is 8.07. The van der Waals surface area contributed by atoms with Gasteiger partial charge in [0.1, 0.15) is 0 Å². The van der Waals surface area contributed by atoms with Crippen LogP contribution >= 0.6 is 0 Å². The van der Waals surface area contributed by atoms with Crippen molar-refractivity contribution in [1.29, 1.82) is 0 Å². The largest absolute Gasteiger partial charge is 0.381 e. The average molecular weight is 254 g/mol. The zero-order chi connectivity index (χ0) is 13.0. The van der Waals surface area contributed by atoms with Crippen LogP contribution in [0.4, 0.5) is 0 Å². The highest BCUT2D eigenvalue weighted by Crippen LogP contribution is 2.29. The minimum Gasteiger partial charge on any atom is -0.381 e. The van der Waals surface area contributed by atoms with Crippen molar-refractivity contribution in [2.24, 2.45) is 0 Å². The van der Waals surface area contributed by atoms with Gasteiger partial charge in [-0.2, -0.15) is 0 Å². The lowest BCUT2D eigenvalue weighted by atomic mass is 9.92. The lowest BCUT2D eigenvalue weighted by Crippen LogP contribution is -2.52. The van der Waals surface area contributed by atoms with E-state index in [2.05, 4.69) is 24.1 Å². The second kappa shape index (κ2) is 6.36. The highest BCUT2D eigenvalue weighted by molar-refractivity contribution is 4.94. The molecule has 1 N–H and O–H groups in total. The summed E-state index contributed by atoms with van der Waals surface area (Å²) in [5, 5.41) is 3.80. The molecule has 1 aliphatic heterocycles. The van der Waals surface area contributed by atoms with Gasteiger partial charge in [0.15, 0.2) is 0 Å². The first kappa shape index (κ1) is 14.3. The zero-order valence-electron chi connectivity index (χ0n) is 12.4. The van der Waals surface area contributed by atoms with Gasteiger partial charge in [0.25, 0.3) is 0 Å². The monoisotopic (exact) mass is 254 g/mol. The van der Waals surface area contributed by atoms with Gasteiger partial charge in [-0.1, -0.05) is 13.8 Å². The third-order valence-electron chi connectivity index (χ3n) is 5.19. The van der Waals surface area contributed by atoms with Crippen molar-refractivity contribution in [3.63, 3.8) is 0 Å². The van der Waals surface area contributed by atoms with E-state index in [9.17, 15) is 0 Å². The topological polar surface area (TPSA) is 24.5 Å².